The molecule has 0 atom stereocenters. The molecule has 0 bridgehead atoms. The third kappa shape index (κ3) is 3.57. The van der Waals surface area contributed by atoms with Crippen molar-refractivity contribution in [3.05, 3.63) is 71.5 Å². The Morgan fingerprint density at radius 3 is 2.43 bits per heavy atom. The first-order valence-corrected chi connectivity index (χ1v) is 10.4. The SMILES string of the molecule is NC1CC(n2cc(CCNC(=O)OCC3c4ccccc4-c4ccccc43)nn2)C1. The number of carbonyl (C=O) groups is 1. The first-order chi connectivity index (χ1) is 14.7. The molecule has 1 aromatic heterocycles. The fraction of sp³-hybridized carbons (Fsp3) is 0.348. The molecule has 0 unspecified atom stereocenters. The Balaban J connectivity index is 1.13. The number of ether oxygens (including phenoxy) is 1. The monoisotopic (exact) mass is 403 g/mol. The largest absolute Gasteiger partial charge is 0.449 e. The molecule has 1 heterocycles. The number of amides is 1. The van der Waals surface area contributed by atoms with E-state index in [2.05, 4.69) is 39.9 Å². The summed E-state index contributed by atoms with van der Waals surface area (Å²) in [7, 11) is 0. The summed E-state index contributed by atoms with van der Waals surface area (Å²) >= 11 is 0. The Morgan fingerprint density at radius 2 is 1.77 bits per heavy atom. The highest BCUT2D eigenvalue weighted by Crippen LogP contribution is 2.44. The lowest BCUT2D eigenvalue weighted by atomic mass is 9.88. The minimum atomic E-state index is -0.408. The lowest BCUT2D eigenvalue weighted by Crippen LogP contribution is -2.37. The van der Waals surface area contributed by atoms with Crippen LogP contribution in [0, 0.1) is 0 Å². The summed E-state index contributed by atoms with van der Waals surface area (Å²) in [5.41, 5.74) is 11.5. The van der Waals surface area contributed by atoms with Crippen LogP contribution in [0.4, 0.5) is 4.79 Å². The van der Waals surface area contributed by atoms with E-state index in [4.69, 9.17) is 10.5 Å². The van der Waals surface area contributed by atoms with Crippen LogP contribution in [0.15, 0.2) is 54.7 Å². The van der Waals surface area contributed by atoms with Crippen LogP contribution in [-0.2, 0) is 11.2 Å². The first-order valence-electron chi connectivity index (χ1n) is 10.4. The molecule has 2 aliphatic rings. The lowest BCUT2D eigenvalue weighted by molar-refractivity contribution is 0.143. The van der Waals surface area contributed by atoms with Gasteiger partial charge in [0.05, 0.1) is 11.7 Å². The Bertz CT molecular complexity index is 1010. The van der Waals surface area contributed by atoms with Gasteiger partial charge in [0, 0.05) is 31.1 Å². The number of nitrogens with one attached hydrogen (secondary N) is 1. The Labute approximate surface area is 175 Å². The highest BCUT2D eigenvalue weighted by atomic mass is 16.5. The van der Waals surface area contributed by atoms with Crippen LogP contribution >= 0.6 is 0 Å². The van der Waals surface area contributed by atoms with Gasteiger partial charge in [0.1, 0.15) is 6.61 Å². The fourth-order valence-electron chi connectivity index (χ4n) is 4.39. The van der Waals surface area contributed by atoms with Crippen LogP contribution in [0.3, 0.4) is 0 Å². The van der Waals surface area contributed by atoms with E-state index in [1.807, 2.05) is 35.1 Å². The molecular weight excluding hydrogens is 378 g/mol. The van der Waals surface area contributed by atoms with Crippen LogP contribution in [0.5, 0.6) is 0 Å². The molecule has 7 nitrogen and oxygen atoms in total. The molecule has 3 N–H and O–H groups in total. The van der Waals surface area contributed by atoms with Gasteiger partial charge in [-0.05, 0) is 35.1 Å². The summed E-state index contributed by atoms with van der Waals surface area (Å²) in [4.78, 5) is 12.2. The number of carbonyl (C=O) groups excluding carboxylic acids is 1. The van der Waals surface area contributed by atoms with Crippen LogP contribution in [0.25, 0.3) is 11.1 Å². The van der Waals surface area contributed by atoms with Crippen LogP contribution in [0.1, 0.15) is 41.6 Å². The second kappa shape index (κ2) is 7.91. The van der Waals surface area contributed by atoms with Crippen LogP contribution in [0.2, 0.25) is 0 Å². The average Bonchev–Trinajstić information content (AvgIpc) is 3.33. The Kier molecular flexibility index (Phi) is 4.96. The average molecular weight is 403 g/mol. The van der Waals surface area contributed by atoms with Crippen molar-refractivity contribution in [1.29, 1.82) is 0 Å². The minimum absolute atomic E-state index is 0.0666. The highest BCUT2D eigenvalue weighted by molar-refractivity contribution is 5.79. The molecule has 0 saturated heterocycles. The predicted molar refractivity (Wildman–Crippen MR) is 113 cm³/mol. The second-order valence-electron chi connectivity index (χ2n) is 8.08. The zero-order valence-electron chi connectivity index (χ0n) is 16.7. The van der Waals surface area contributed by atoms with Crippen molar-refractivity contribution in [2.75, 3.05) is 13.2 Å². The number of nitrogens with zero attached hydrogens (tertiary/aromatic N) is 3. The summed E-state index contributed by atoms with van der Waals surface area (Å²) in [6, 6.07) is 17.2. The molecular formula is C23H25N5O2. The van der Waals surface area contributed by atoms with E-state index < -0.39 is 6.09 Å². The summed E-state index contributed by atoms with van der Waals surface area (Å²) < 4.78 is 7.44. The quantitative estimate of drug-likeness (QED) is 0.660. The standard InChI is InChI=1S/C23H25N5O2/c24-15-11-17(12-15)28-13-16(26-27-28)9-10-25-23(29)30-14-22-20-7-3-1-5-18(20)19-6-2-4-8-21(19)22/h1-8,13,15,17,22H,9-12,14,24H2,(H,25,29). The molecule has 3 aromatic rings. The molecule has 1 saturated carbocycles. The molecule has 0 spiro atoms. The van der Waals surface area contributed by atoms with Gasteiger partial charge < -0.3 is 15.8 Å². The number of hydrogen-bond donors (Lipinski definition) is 2. The maximum atomic E-state index is 12.2. The lowest BCUT2D eigenvalue weighted by Gasteiger charge is -2.31. The third-order valence-electron chi connectivity index (χ3n) is 6.08. The molecule has 30 heavy (non-hydrogen) atoms. The van der Waals surface area contributed by atoms with Gasteiger partial charge in [0.2, 0.25) is 0 Å². The summed E-state index contributed by atoms with van der Waals surface area (Å²) in [5.74, 6) is 0.0666. The summed E-state index contributed by atoms with van der Waals surface area (Å²) in [6.45, 7) is 0.775. The maximum Gasteiger partial charge on any atom is 0.407 e. The number of hydrogen-bond acceptors (Lipinski definition) is 5. The molecule has 0 aliphatic heterocycles. The number of alkyl carbamates (subject to hydrolysis) is 1. The van der Waals surface area contributed by atoms with E-state index in [9.17, 15) is 4.79 Å². The molecule has 7 heteroatoms. The van der Waals surface area contributed by atoms with Gasteiger partial charge in [0.25, 0.3) is 0 Å². The zero-order chi connectivity index (χ0) is 20.5. The van der Waals surface area contributed by atoms with Gasteiger partial charge >= 0.3 is 6.09 Å². The maximum absolute atomic E-state index is 12.2. The summed E-state index contributed by atoms with van der Waals surface area (Å²) in [6.07, 6.45) is 4.04. The normalized spacial score (nSPS) is 19.6. The van der Waals surface area contributed by atoms with Crippen molar-refractivity contribution in [2.24, 2.45) is 5.73 Å². The van der Waals surface area contributed by atoms with Crippen LogP contribution < -0.4 is 11.1 Å². The van der Waals surface area contributed by atoms with Crippen molar-refractivity contribution < 1.29 is 9.53 Å². The fourth-order valence-corrected chi connectivity index (χ4v) is 4.39. The van der Waals surface area contributed by atoms with E-state index in [1.165, 1.54) is 22.3 Å². The number of benzene rings is 2. The smallest absolute Gasteiger partial charge is 0.407 e. The van der Waals surface area contributed by atoms with E-state index in [0.29, 0.717) is 25.6 Å². The van der Waals surface area contributed by atoms with Crippen molar-refractivity contribution >= 4 is 6.09 Å². The van der Waals surface area contributed by atoms with Crippen molar-refractivity contribution in [3.63, 3.8) is 0 Å². The van der Waals surface area contributed by atoms with Gasteiger partial charge in [-0.1, -0.05) is 53.7 Å². The molecule has 1 amide bonds. The topological polar surface area (TPSA) is 95.1 Å². The molecule has 0 radical (unpaired) electrons. The van der Waals surface area contributed by atoms with Gasteiger partial charge in [0.15, 0.2) is 0 Å². The predicted octanol–water partition coefficient (Wildman–Crippen LogP) is 3.02. The number of nitrogens with two attached hydrogens (primary N) is 1. The minimum Gasteiger partial charge on any atom is -0.449 e. The van der Waals surface area contributed by atoms with E-state index in [1.54, 1.807) is 0 Å². The molecule has 2 aromatic carbocycles. The van der Waals surface area contributed by atoms with Gasteiger partial charge in [-0.2, -0.15) is 0 Å². The molecule has 5 rings (SSSR count). The van der Waals surface area contributed by atoms with Crippen molar-refractivity contribution in [2.45, 2.75) is 37.3 Å². The van der Waals surface area contributed by atoms with Gasteiger partial charge in [-0.25, -0.2) is 9.48 Å². The Hall–Kier alpha value is -3.19. The third-order valence-corrected chi connectivity index (χ3v) is 6.08. The van der Waals surface area contributed by atoms with Crippen LogP contribution in [-0.4, -0.2) is 40.3 Å². The Morgan fingerprint density at radius 1 is 1.10 bits per heavy atom. The molecule has 1 fully saturated rings. The number of fused-ring (bicyclic) bond motifs is 3. The number of aromatic nitrogens is 3. The van der Waals surface area contributed by atoms with Crippen molar-refractivity contribution in [3.8, 4) is 11.1 Å². The highest BCUT2D eigenvalue weighted by Gasteiger charge is 2.29. The second-order valence-corrected chi connectivity index (χ2v) is 8.08. The van der Waals surface area contributed by atoms with E-state index in [-0.39, 0.29) is 12.0 Å². The molecule has 154 valence electrons. The zero-order valence-corrected chi connectivity index (χ0v) is 16.7. The van der Waals surface area contributed by atoms with Crippen molar-refractivity contribution in [1.82, 2.24) is 20.3 Å². The summed E-state index contributed by atoms with van der Waals surface area (Å²) in [5, 5.41) is 11.2. The van der Waals surface area contributed by atoms with E-state index in [0.717, 1.165) is 18.5 Å². The van der Waals surface area contributed by atoms with E-state index >= 15 is 0 Å². The molecule has 2 aliphatic carbocycles. The number of rotatable bonds is 6. The van der Waals surface area contributed by atoms with Gasteiger partial charge in [-0.3, -0.25) is 0 Å². The first kappa shape index (κ1) is 18.8. The van der Waals surface area contributed by atoms with Gasteiger partial charge in [-0.15, -0.1) is 5.10 Å².